The van der Waals surface area contributed by atoms with Gasteiger partial charge in [-0.05, 0) is 0 Å². The van der Waals surface area contributed by atoms with Gasteiger partial charge in [-0.15, -0.1) is 11.8 Å². The molecule has 1 atom stereocenters. The van der Waals surface area contributed by atoms with E-state index in [9.17, 15) is 9.90 Å². The van der Waals surface area contributed by atoms with Gasteiger partial charge in [-0.1, -0.05) is 0 Å². The Kier molecular flexibility index (Phi) is 1.53. The Balaban J connectivity index is 2.48. The first-order chi connectivity index (χ1) is 3.80. The topological polar surface area (TPSA) is 52.5 Å². The highest BCUT2D eigenvalue weighted by Gasteiger charge is 2.10. The molecule has 0 aromatic heterocycles. The zero-order valence-corrected chi connectivity index (χ0v) is 4.85. The van der Waals surface area contributed by atoms with Crippen molar-refractivity contribution < 1.29 is 9.90 Å². The Bertz CT molecular complexity index is 134. The van der Waals surface area contributed by atoms with Crippen LogP contribution in [0.25, 0.3) is 0 Å². The molecule has 3 nitrogen and oxygen atoms in total. The van der Waals surface area contributed by atoms with Crippen molar-refractivity contribution in [3.8, 4) is 0 Å². The molecule has 1 aliphatic heterocycles. The Labute approximate surface area is 50.8 Å². The van der Waals surface area contributed by atoms with E-state index < -0.39 is 12.0 Å². The van der Waals surface area contributed by atoms with E-state index in [1.54, 1.807) is 5.55 Å². The number of nitrogens with zero attached hydrogens (tertiary/aromatic N) is 1. The summed E-state index contributed by atoms with van der Waals surface area (Å²) >= 11 is 1.40. The van der Waals surface area contributed by atoms with Crippen molar-refractivity contribution in [1.29, 1.82) is 0 Å². The van der Waals surface area contributed by atoms with Gasteiger partial charge in [0, 0.05) is 5.75 Å². The second kappa shape index (κ2) is 2.17. The summed E-state index contributed by atoms with van der Waals surface area (Å²) in [5, 5.41) is 9.96. The molecule has 1 rings (SSSR count). The lowest BCUT2D eigenvalue weighted by atomic mass is 10.4. The second-order valence-corrected chi connectivity index (χ2v) is 2.30. The molecule has 0 amide bonds. The van der Waals surface area contributed by atoms with Crippen LogP contribution >= 0.6 is 11.8 Å². The lowest BCUT2D eigenvalue weighted by molar-refractivity contribution is -0.306. The molecule has 1 heterocycles. The number of thioether (sulfide) groups is 1. The number of rotatable bonds is 1. The molecular formula is C4H4NO2S-. The third-order valence-corrected chi connectivity index (χ3v) is 1.62. The molecular weight excluding hydrogens is 126 g/mol. The van der Waals surface area contributed by atoms with Gasteiger partial charge >= 0.3 is 0 Å². The molecule has 4 heteroatoms. The molecule has 1 unspecified atom stereocenters. The molecule has 0 aliphatic carbocycles. The van der Waals surface area contributed by atoms with Crippen LogP contribution in [0.2, 0.25) is 0 Å². The highest BCUT2D eigenvalue weighted by atomic mass is 32.2. The number of aliphatic carboxylic acids is 1. The highest BCUT2D eigenvalue weighted by Crippen LogP contribution is 2.09. The van der Waals surface area contributed by atoms with Gasteiger partial charge in [-0.25, -0.2) is 0 Å². The number of carbonyl (C=O) groups is 1. The van der Waals surface area contributed by atoms with Crippen molar-refractivity contribution in [2.24, 2.45) is 4.99 Å². The third-order valence-electron chi connectivity index (χ3n) is 0.842. The monoisotopic (exact) mass is 130 g/mol. The lowest BCUT2D eigenvalue weighted by Crippen LogP contribution is -2.34. The van der Waals surface area contributed by atoms with E-state index in [4.69, 9.17) is 0 Å². The van der Waals surface area contributed by atoms with E-state index in [-0.39, 0.29) is 0 Å². The molecule has 8 heavy (non-hydrogen) atoms. The van der Waals surface area contributed by atoms with E-state index in [1.165, 1.54) is 11.8 Å². The zero-order valence-electron chi connectivity index (χ0n) is 4.03. The van der Waals surface area contributed by atoms with Gasteiger partial charge in [-0.2, -0.15) is 0 Å². The SMILES string of the molecule is O=C([O-])C1CSC=N1. The fourth-order valence-corrected chi connectivity index (χ4v) is 1.15. The second-order valence-electron chi connectivity index (χ2n) is 1.42. The Morgan fingerprint density at radius 3 is 3.00 bits per heavy atom. The van der Waals surface area contributed by atoms with E-state index in [0.29, 0.717) is 5.75 Å². The van der Waals surface area contributed by atoms with Crippen molar-refractivity contribution in [3.63, 3.8) is 0 Å². The van der Waals surface area contributed by atoms with Crippen molar-refractivity contribution in [2.45, 2.75) is 6.04 Å². The molecule has 0 fully saturated rings. The van der Waals surface area contributed by atoms with Crippen LogP contribution < -0.4 is 5.11 Å². The van der Waals surface area contributed by atoms with Gasteiger partial charge in [0.05, 0.1) is 17.6 Å². The van der Waals surface area contributed by atoms with Gasteiger partial charge in [0.1, 0.15) is 0 Å². The van der Waals surface area contributed by atoms with Gasteiger partial charge in [0.25, 0.3) is 0 Å². The Morgan fingerprint density at radius 2 is 2.75 bits per heavy atom. The largest absolute Gasteiger partial charge is 0.548 e. The minimum atomic E-state index is -1.08. The van der Waals surface area contributed by atoms with Gasteiger partial charge in [0.2, 0.25) is 0 Å². The van der Waals surface area contributed by atoms with Crippen molar-refractivity contribution in [1.82, 2.24) is 0 Å². The summed E-state index contributed by atoms with van der Waals surface area (Å²) in [7, 11) is 0. The summed E-state index contributed by atoms with van der Waals surface area (Å²) in [5.74, 6) is -0.547. The molecule has 0 aromatic carbocycles. The van der Waals surface area contributed by atoms with Crippen LogP contribution in [0, 0.1) is 0 Å². The predicted molar refractivity (Wildman–Crippen MR) is 29.7 cm³/mol. The van der Waals surface area contributed by atoms with Gasteiger partial charge in [0.15, 0.2) is 0 Å². The number of carboxylic acid groups (broad SMARTS) is 1. The number of hydrogen-bond acceptors (Lipinski definition) is 4. The normalized spacial score (nSPS) is 26.2. The maximum Gasteiger partial charge on any atom is 0.0992 e. The number of carbonyl (C=O) groups excluding carboxylic acids is 1. The maximum atomic E-state index is 9.96. The third kappa shape index (κ3) is 1.01. The molecule has 0 radical (unpaired) electrons. The molecule has 0 saturated carbocycles. The quantitative estimate of drug-likeness (QED) is 0.452. The van der Waals surface area contributed by atoms with Crippen LogP contribution in [-0.2, 0) is 4.79 Å². The van der Waals surface area contributed by atoms with Crippen LogP contribution in [0.3, 0.4) is 0 Å². The van der Waals surface area contributed by atoms with Gasteiger partial charge in [-0.3, -0.25) is 4.99 Å². The molecule has 1 aliphatic rings. The molecule has 0 N–H and O–H groups in total. The molecule has 0 aromatic rings. The lowest BCUT2D eigenvalue weighted by Gasteiger charge is -2.03. The standard InChI is InChI=1S/C4H5NO2S/c6-4(7)3-1-8-2-5-3/h2-3H,1H2,(H,6,7)/p-1. The van der Waals surface area contributed by atoms with Crippen molar-refractivity contribution in [3.05, 3.63) is 0 Å². The summed E-state index contributed by atoms with van der Waals surface area (Å²) in [5.41, 5.74) is 1.54. The first kappa shape index (κ1) is 5.62. The average molecular weight is 130 g/mol. The van der Waals surface area contributed by atoms with E-state index in [1.807, 2.05) is 0 Å². The first-order valence-corrected chi connectivity index (χ1v) is 3.19. The van der Waals surface area contributed by atoms with Crippen molar-refractivity contribution in [2.75, 3.05) is 5.75 Å². The first-order valence-electron chi connectivity index (χ1n) is 2.15. The summed E-state index contributed by atoms with van der Waals surface area (Å²) in [6, 6.07) is -0.597. The molecule has 44 valence electrons. The smallest absolute Gasteiger partial charge is 0.0992 e. The van der Waals surface area contributed by atoms with E-state index in [0.717, 1.165) is 0 Å². The van der Waals surface area contributed by atoms with Crippen LogP contribution in [-0.4, -0.2) is 23.3 Å². The molecule has 0 saturated heterocycles. The van der Waals surface area contributed by atoms with Crippen LogP contribution in [0.1, 0.15) is 0 Å². The molecule has 0 spiro atoms. The number of carboxylic acids is 1. The van der Waals surface area contributed by atoms with Crippen LogP contribution in [0.15, 0.2) is 4.99 Å². The average Bonchev–Trinajstić information content (AvgIpc) is 2.12. The fraction of sp³-hybridized carbons (Fsp3) is 0.500. The minimum absolute atomic E-state index is 0.530. The number of hydrogen-bond donors (Lipinski definition) is 0. The number of aliphatic imine (C=N–C) groups is 1. The van der Waals surface area contributed by atoms with E-state index >= 15 is 0 Å². The zero-order chi connectivity index (χ0) is 5.98. The predicted octanol–water partition coefficient (Wildman–Crippen LogP) is -1.12. The van der Waals surface area contributed by atoms with Crippen LogP contribution in [0.5, 0.6) is 0 Å². The summed E-state index contributed by atoms with van der Waals surface area (Å²) in [4.78, 5) is 13.6. The highest BCUT2D eigenvalue weighted by molar-refractivity contribution is 8.12. The molecule has 0 bridgehead atoms. The van der Waals surface area contributed by atoms with Gasteiger partial charge < -0.3 is 9.90 Å². The Morgan fingerprint density at radius 1 is 2.00 bits per heavy atom. The fourth-order valence-electron chi connectivity index (χ4n) is 0.423. The van der Waals surface area contributed by atoms with E-state index in [2.05, 4.69) is 4.99 Å². The minimum Gasteiger partial charge on any atom is -0.548 e. The summed E-state index contributed by atoms with van der Waals surface area (Å²) in [6.07, 6.45) is 0. The Hall–Kier alpha value is -0.510. The van der Waals surface area contributed by atoms with Crippen molar-refractivity contribution >= 4 is 23.3 Å². The summed E-state index contributed by atoms with van der Waals surface area (Å²) in [6.45, 7) is 0. The summed E-state index contributed by atoms with van der Waals surface area (Å²) < 4.78 is 0. The maximum absolute atomic E-state index is 9.96. The van der Waals surface area contributed by atoms with Crippen LogP contribution in [0.4, 0.5) is 0 Å².